The van der Waals surface area contributed by atoms with Crippen molar-refractivity contribution in [2.45, 2.75) is 95.5 Å². The first kappa shape index (κ1) is 35.9. The van der Waals surface area contributed by atoms with E-state index in [9.17, 15) is 29.6 Å². The molecule has 0 spiro atoms. The molecule has 0 aliphatic carbocycles. The van der Waals surface area contributed by atoms with Crippen LogP contribution in [0.1, 0.15) is 69.4 Å². The van der Waals surface area contributed by atoms with Crippen LogP contribution >= 0.6 is 0 Å². The number of likely N-dealkylation sites (tertiary alicyclic amines) is 1. The van der Waals surface area contributed by atoms with Gasteiger partial charge in [-0.3, -0.25) is 4.79 Å². The molecule has 46 heavy (non-hydrogen) atoms. The summed E-state index contributed by atoms with van der Waals surface area (Å²) >= 11 is 0. The van der Waals surface area contributed by atoms with Gasteiger partial charge in [-0.1, -0.05) is 25.8 Å². The van der Waals surface area contributed by atoms with Crippen LogP contribution in [0.25, 0.3) is 0 Å². The summed E-state index contributed by atoms with van der Waals surface area (Å²) in [5, 5.41) is 48.0. The number of carbonyl (C=O) groups is 1. The maximum absolute atomic E-state index is 14.8. The summed E-state index contributed by atoms with van der Waals surface area (Å²) in [4.78, 5) is 25.7. The van der Waals surface area contributed by atoms with Gasteiger partial charge in [0.15, 0.2) is 0 Å². The van der Waals surface area contributed by atoms with E-state index in [1.165, 1.54) is 11.6 Å². The zero-order valence-electron chi connectivity index (χ0n) is 26.9. The first-order chi connectivity index (χ1) is 22.2. The van der Waals surface area contributed by atoms with Crippen molar-refractivity contribution in [3.8, 4) is 5.75 Å². The van der Waals surface area contributed by atoms with Gasteiger partial charge in [0.25, 0.3) is 0 Å². The lowest BCUT2D eigenvalue weighted by molar-refractivity contribution is -0.137. The smallest absolute Gasteiger partial charge is 0.227 e. The molecule has 4 rings (SSSR count). The standard InChI is InChI=1S/C34H51FN4O7/c1-2-5-24-18-36-34(37-19-24)38-13-11-23(12-14-38)7-4-15-46-27-10-9-26(28(35)17-27)16-31(43)39-20-25(21-39)6-3-8-29(41)32(44)33(45)30(42)22-40/h9-10,17-19,23,25,29-30,32-33,40-42,44-45H,2-8,11-16,20-22H2,1H3/t29-,30+,32+,33+/m0/s1. The number of halogens is 1. The van der Waals surface area contributed by atoms with Crippen molar-refractivity contribution < 1.29 is 39.5 Å². The fraction of sp³-hybridized carbons (Fsp3) is 0.676. The van der Waals surface area contributed by atoms with E-state index in [1.807, 2.05) is 12.4 Å². The molecule has 12 heteroatoms. The lowest BCUT2D eigenvalue weighted by Gasteiger charge is -2.39. The van der Waals surface area contributed by atoms with Crippen molar-refractivity contribution >= 4 is 11.9 Å². The Morgan fingerprint density at radius 3 is 2.33 bits per heavy atom. The number of hydrogen-bond donors (Lipinski definition) is 5. The number of nitrogens with zero attached hydrogens (tertiary/aromatic N) is 4. The number of ether oxygens (including phenoxy) is 1. The van der Waals surface area contributed by atoms with Gasteiger partial charge in [0.1, 0.15) is 29.9 Å². The van der Waals surface area contributed by atoms with E-state index in [0.717, 1.165) is 57.6 Å². The van der Waals surface area contributed by atoms with Crippen LogP contribution in [0.4, 0.5) is 10.3 Å². The summed E-state index contributed by atoms with van der Waals surface area (Å²) in [6.07, 6.45) is 5.59. The van der Waals surface area contributed by atoms with E-state index in [0.29, 0.717) is 49.8 Å². The Morgan fingerprint density at radius 1 is 1.00 bits per heavy atom. The van der Waals surface area contributed by atoms with Crippen molar-refractivity contribution in [1.29, 1.82) is 0 Å². The molecule has 1 aromatic heterocycles. The number of aryl methyl sites for hydroxylation is 1. The van der Waals surface area contributed by atoms with Crippen LogP contribution in [-0.2, 0) is 17.6 Å². The van der Waals surface area contributed by atoms with Crippen LogP contribution in [0.2, 0.25) is 0 Å². The molecule has 0 saturated carbocycles. The van der Waals surface area contributed by atoms with Crippen molar-refractivity contribution in [1.82, 2.24) is 14.9 Å². The average Bonchev–Trinajstić information content (AvgIpc) is 3.04. The molecule has 2 saturated heterocycles. The van der Waals surface area contributed by atoms with Crippen LogP contribution in [0, 0.1) is 17.7 Å². The lowest BCUT2D eigenvalue weighted by Crippen LogP contribution is -2.50. The number of piperidine rings is 1. The second-order valence-electron chi connectivity index (χ2n) is 12.9. The first-order valence-corrected chi connectivity index (χ1v) is 16.8. The minimum atomic E-state index is -1.63. The molecule has 256 valence electrons. The van der Waals surface area contributed by atoms with E-state index >= 15 is 0 Å². The summed E-state index contributed by atoms with van der Waals surface area (Å²) in [5.74, 6) is 1.53. The van der Waals surface area contributed by atoms with Gasteiger partial charge in [-0.2, -0.15) is 0 Å². The minimum absolute atomic E-state index is 0.0264. The third kappa shape index (κ3) is 10.3. The van der Waals surface area contributed by atoms with E-state index in [-0.39, 0.29) is 24.7 Å². The fourth-order valence-electron chi connectivity index (χ4n) is 6.25. The molecule has 0 unspecified atom stereocenters. The predicted octanol–water partition coefficient (Wildman–Crippen LogP) is 2.25. The highest BCUT2D eigenvalue weighted by atomic mass is 19.1. The van der Waals surface area contributed by atoms with Gasteiger partial charge in [0, 0.05) is 44.6 Å². The highest BCUT2D eigenvalue weighted by molar-refractivity contribution is 5.79. The zero-order valence-corrected chi connectivity index (χ0v) is 26.9. The topological polar surface area (TPSA) is 160 Å². The third-order valence-electron chi connectivity index (χ3n) is 9.27. The van der Waals surface area contributed by atoms with E-state index in [4.69, 9.17) is 9.84 Å². The second-order valence-corrected chi connectivity index (χ2v) is 12.9. The number of aliphatic hydroxyl groups is 5. The molecular weight excluding hydrogens is 595 g/mol. The van der Waals surface area contributed by atoms with Gasteiger partial charge in [0.2, 0.25) is 11.9 Å². The maximum Gasteiger partial charge on any atom is 0.227 e. The number of hydrogen-bond acceptors (Lipinski definition) is 10. The molecule has 2 aliphatic heterocycles. The molecule has 2 fully saturated rings. The van der Waals surface area contributed by atoms with E-state index in [2.05, 4.69) is 21.8 Å². The lowest BCUT2D eigenvalue weighted by atomic mass is 9.91. The quantitative estimate of drug-likeness (QED) is 0.152. The summed E-state index contributed by atoms with van der Waals surface area (Å²) in [6.45, 7) is 4.93. The van der Waals surface area contributed by atoms with Crippen LogP contribution in [0.15, 0.2) is 30.6 Å². The molecule has 2 aliphatic rings. The fourth-order valence-corrected chi connectivity index (χ4v) is 6.25. The summed E-state index contributed by atoms with van der Waals surface area (Å²) in [5.41, 5.74) is 1.51. The van der Waals surface area contributed by atoms with Crippen molar-refractivity contribution in [3.05, 3.63) is 47.5 Å². The number of aromatic nitrogens is 2. The summed E-state index contributed by atoms with van der Waals surface area (Å²) in [7, 11) is 0. The Bertz CT molecular complexity index is 1210. The SMILES string of the molecule is CCCc1cnc(N2CCC(CCCOc3ccc(CC(=O)N4CC(CCC[C@H](O)[C@@H](O)[C@H](O)[C@H](O)CO)C4)c(F)c3)CC2)nc1. The van der Waals surface area contributed by atoms with Crippen molar-refractivity contribution in [3.63, 3.8) is 0 Å². The molecule has 0 radical (unpaired) electrons. The Morgan fingerprint density at radius 2 is 1.67 bits per heavy atom. The highest BCUT2D eigenvalue weighted by Crippen LogP contribution is 2.26. The summed E-state index contributed by atoms with van der Waals surface area (Å²) in [6, 6.07) is 4.67. The molecule has 1 aromatic carbocycles. The molecule has 1 amide bonds. The van der Waals surface area contributed by atoms with Gasteiger partial charge < -0.3 is 40.1 Å². The average molecular weight is 647 g/mol. The summed E-state index contributed by atoms with van der Waals surface area (Å²) < 4.78 is 20.6. The highest BCUT2D eigenvalue weighted by Gasteiger charge is 2.32. The molecule has 11 nitrogen and oxygen atoms in total. The number of carbonyl (C=O) groups excluding carboxylic acids is 1. The van der Waals surface area contributed by atoms with Gasteiger partial charge >= 0.3 is 0 Å². The van der Waals surface area contributed by atoms with E-state index in [1.54, 1.807) is 17.0 Å². The monoisotopic (exact) mass is 646 g/mol. The van der Waals surface area contributed by atoms with Crippen molar-refractivity contribution in [2.75, 3.05) is 44.3 Å². The van der Waals surface area contributed by atoms with Crippen LogP contribution in [-0.4, -0.2) is 110 Å². The Balaban J connectivity index is 1.08. The van der Waals surface area contributed by atoms with Crippen LogP contribution < -0.4 is 9.64 Å². The molecular formula is C34H51FN4O7. The number of aliphatic hydroxyl groups excluding tert-OH is 5. The van der Waals surface area contributed by atoms with Crippen molar-refractivity contribution in [2.24, 2.45) is 11.8 Å². The molecule has 2 aromatic rings. The minimum Gasteiger partial charge on any atom is -0.493 e. The number of benzene rings is 1. The maximum atomic E-state index is 14.8. The predicted molar refractivity (Wildman–Crippen MR) is 171 cm³/mol. The van der Waals surface area contributed by atoms with Gasteiger partial charge in [-0.05, 0) is 74.0 Å². The third-order valence-corrected chi connectivity index (χ3v) is 9.27. The number of rotatable bonds is 18. The molecule has 5 N–H and O–H groups in total. The zero-order chi connectivity index (χ0) is 33.1. The molecule has 3 heterocycles. The Hall–Kier alpha value is -2.90. The van der Waals surface area contributed by atoms with Gasteiger partial charge in [-0.25, -0.2) is 14.4 Å². The van der Waals surface area contributed by atoms with Crippen LogP contribution in [0.5, 0.6) is 5.75 Å². The van der Waals surface area contributed by atoms with Crippen LogP contribution in [0.3, 0.4) is 0 Å². The largest absolute Gasteiger partial charge is 0.493 e. The second kappa shape index (κ2) is 17.9. The van der Waals surface area contributed by atoms with E-state index < -0.39 is 36.8 Å². The first-order valence-electron chi connectivity index (χ1n) is 16.8. The number of anilines is 1. The normalized spacial score (nSPS) is 18.6. The Kier molecular flexibility index (Phi) is 14.0. The molecule has 0 bridgehead atoms. The van der Waals surface area contributed by atoms with Gasteiger partial charge in [-0.15, -0.1) is 0 Å². The Labute approximate surface area is 271 Å². The molecule has 4 atom stereocenters. The number of amides is 1. The van der Waals surface area contributed by atoms with Gasteiger partial charge in [0.05, 0.1) is 25.7 Å².